The molecule has 2 aromatic heterocycles. The summed E-state index contributed by atoms with van der Waals surface area (Å²) >= 11 is 0. The zero-order valence-corrected chi connectivity index (χ0v) is 17.1. The summed E-state index contributed by atoms with van der Waals surface area (Å²) in [5.41, 5.74) is 5.12. The second-order valence-electron chi connectivity index (χ2n) is 9.03. The highest BCUT2D eigenvalue weighted by atomic mass is 16.4. The molecule has 2 aliphatic rings. The largest absolute Gasteiger partial charge is 0.477 e. The minimum absolute atomic E-state index is 0.0752. The zero-order valence-electron chi connectivity index (χ0n) is 17.1. The number of pyridine rings is 1. The molecular formula is C23H26N4O2. The Morgan fingerprint density at radius 3 is 2.55 bits per heavy atom. The molecule has 3 aromatic rings. The molecule has 1 saturated carbocycles. The minimum atomic E-state index is -1.00. The van der Waals surface area contributed by atoms with E-state index < -0.39 is 5.97 Å². The van der Waals surface area contributed by atoms with Crippen molar-refractivity contribution in [2.75, 3.05) is 18.0 Å². The van der Waals surface area contributed by atoms with Gasteiger partial charge in [-0.3, -0.25) is 0 Å². The Labute approximate surface area is 170 Å². The molecular weight excluding hydrogens is 364 g/mol. The predicted molar refractivity (Wildman–Crippen MR) is 113 cm³/mol. The number of hydrogen-bond acceptors (Lipinski definition) is 4. The van der Waals surface area contributed by atoms with Crippen LogP contribution in [0.25, 0.3) is 16.7 Å². The van der Waals surface area contributed by atoms with E-state index in [1.54, 1.807) is 6.07 Å². The smallest absolute Gasteiger partial charge is 0.354 e. The number of fused-ring (bicyclic) bond motifs is 1. The van der Waals surface area contributed by atoms with Gasteiger partial charge in [-0.25, -0.2) is 14.5 Å². The van der Waals surface area contributed by atoms with Gasteiger partial charge in [0.05, 0.1) is 22.5 Å². The highest BCUT2D eigenvalue weighted by Crippen LogP contribution is 2.51. The van der Waals surface area contributed by atoms with Crippen LogP contribution in [0.5, 0.6) is 0 Å². The van der Waals surface area contributed by atoms with Crippen molar-refractivity contribution >= 4 is 22.7 Å². The van der Waals surface area contributed by atoms with E-state index in [2.05, 4.69) is 29.8 Å². The first-order chi connectivity index (χ1) is 13.9. The molecule has 5 rings (SSSR count). The lowest BCUT2D eigenvalue weighted by atomic mass is 9.63. The average Bonchev–Trinajstić information content (AvgIpc) is 2.99. The Balaban J connectivity index is 1.74. The Hall–Kier alpha value is -2.89. The molecule has 6 nitrogen and oxygen atoms in total. The molecule has 0 amide bonds. The fourth-order valence-corrected chi connectivity index (χ4v) is 4.75. The van der Waals surface area contributed by atoms with Crippen LogP contribution in [-0.2, 0) is 0 Å². The number of benzene rings is 1. The van der Waals surface area contributed by atoms with Crippen molar-refractivity contribution in [3.63, 3.8) is 0 Å². The number of carbonyl (C=O) groups is 1. The van der Waals surface area contributed by atoms with Crippen molar-refractivity contribution in [2.24, 2.45) is 5.41 Å². The van der Waals surface area contributed by atoms with E-state index in [-0.39, 0.29) is 11.6 Å². The third-order valence-corrected chi connectivity index (χ3v) is 6.46. The molecule has 0 radical (unpaired) electrons. The van der Waals surface area contributed by atoms with Gasteiger partial charge < -0.3 is 10.0 Å². The van der Waals surface area contributed by atoms with Gasteiger partial charge >= 0.3 is 5.97 Å². The number of rotatable bonds is 4. The molecule has 1 saturated heterocycles. The SMILES string of the molecule is Cc1cccc(-n2nc(C(C)C)c3c(N4CC5(CCC5)C4)cc(C(=O)O)nc32)c1. The summed E-state index contributed by atoms with van der Waals surface area (Å²) in [5.74, 6) is -0.797. The van der Waals surface area contributed by atoms with Crippen LogP contribution in [0.4, 0.5) is 5.69 Å². The quantitative estimate of drug-likeness (QED) is 0.708. The Bertz CT molecular complexity index is 1120. The number of carboxylic acid groups (broad SMARTS) is 1. The molecule has 3 heterocycles. The molecule has 2 fully saturated rings. The van der Waals surface area contributed by atoms with Crippen LogP contribution in [0.15, 0.2) is 30.3 Å². The first kappa shape index (κ1) is 18.2. The summed E-state index contributed by atoms with van der Waals surface area (Å²) in [5, 5.41) is 15.6. The van der Waals surface area contributed by atoms with Crippen molar-refractivity contribution in [2.45, 2.75) is 46.0 Å². The van der Waals surface area contributed by atoms with Gasteiger partial charge in [0, 0.05) is 18.5 Å². The summed E-state index contributed by atoms with van der Waals surface area (Å²) in [4.78, 5) is 18.7. The van der Waals surface area contributed by atoms with Crippen molar-refractivity contribution in [3.05, 3.63) is 47.3 Å². The third-order valence-electron chi connectivity index (χ3n) is 6.46. The van der Waals surface area contributed by atoms with E-state index >= 15 is 0 Å². The maximum atomic E-state index is 11.9. The first-order valence-electron chi connectivity index (χ1n) is 10.4. The Morgan fingerprint density at radius 2 is 1.97 bits per heavy atom. The Kier molecular flexibility index (Phi) is 3.95. The number of carboxylic acids is 1. The molecule has 1 N–H and O–H groups in total. The number of nitrogens with zero attached hydrogens (tertiary/aromatic N) is 4. The van der Waals surface area contributed by atoms with E-state index in [0.717, 1.165) is 41.1 Å². The number of anilines is 1. The highest BCUT2D eigenvalue weighted by Gasteiger charge is 2.48. The summed E-state index contributed by atoms with van der Waals surface area (Å²) in [6.07, 6.45) is 3.87. The summed E-state index contributed by atoms with van der Waals surface area (Å²) < 4.78 is 1.81. The van der Waals surface area contributed by atoms with Crippen molar-refractivity contribution in [1.29, 1.82) is 0 Å². The van der Waals surface area contributed by atoms with Gasteiger partial charge in [-0.2, -0.15) is 5.10 Å². The summed E-state index contributed by atoms with van der Waals surface area (Å²) in [6, 6.07) is 9.82. The lowest BCUT2D eigenvalue weighted by Gasteiger charge is -2.57. The maximum absolute atomic E-state index is 11.9. The molecule has 150 valence electrons. The van der Waals surface area contributed by atoms with Gasteiger partial charge in [0.25, 0.3) is 0 Å². The number of aryl methyl sites for hydroxylation is 1. The van der Waals surface area contributed by atoms with Crippen LogP contribution in [0.3, 0.4) is 0 Å². The van der Waals surface area contributed by atoms with Gasteiger partial charge in [-0.15, -0.1) is 0 Å². The molecule has 1 aromatic carbocycles. The number of hydrogen-bond donors (Lipinski definition) is 1. The second-order valence-corrected chi connectivity index (χ2v) is 9.03. The number of aromatic carboxylic acids is 1. The van der Waals surface area contributed by atoms with Crippen molar-refractivity contribution in [3.8, 4) is 5.69 Å². The van der Waals surface area contributed by atoms with Gasteiger partial charge in [0.2, 0.25) is 0 Å². The van der Waals surface area contributed by atoms with Crippen LogP contribution in [0.1, 0.15) is 60.8 Å². The summed E-state index contributed by atoms with van der Waals surface area (Å²) in [6.45, 7) is 8.29. The standard InChI is InChI=1S/C23H26N4O2/c1-14(2)20-19-18(26-12-23(13-26)8-5-9-23)11-17(22(28)29)24-21(19)27(25-20)16-7-4-6-15(3)10-16/h4,6-7,10-11,14H,5,8-9,12-13H2,1-3H3,(H,28,29). The lowest BCUT2D eigenvalue weighted by molar-refractivity contribution is 0.0690. The van der Waals surface area contributed by atoms with Crippen LogP contribution in [-0.4, -0.2) is 38.9 Å². The monoisotopic (exact) mass is 390 g/mol. The minimum Gasteiger partial charge on any atom is -0.477 e. The molecule has 1 aliphatic carbocycles. The molecule has 1 spiro atoms. The average molecular weight is 390 g/mol. The van der Waals surface area contributed by atoms with E-state index in [4.69, 9.17) is 5.10 Å². The van der Waals surface area contributed by atoms with Gasteiger partial charge in [-0.1, -0.05) is 32.4 Å². The van der Waals surface area contributed by atoms with Crippen LogP contribution < -0.4 is 4.90 Å². The molecule has 0 atom stereocenters. The van der Waals surface area contributed by atoms with Crippen LogP contribution in [0.2, 0.25) is 0 Å². The van der Waals surface area contributed by atoms with Crippen LogP contribution >= 0.6 is 0 Å². The van der Waals surface area contributed by atoms with E-state index in [1.807, 2.05) is 29.8 Å². The van der Waals surface area contributed by atoms with E-state index in [1.165, 1.54) is 19.3 Å². The Morgan fingerprint density at radius 1 is 1.21 bits per heavy atom. The normalized spacial score (nSPS) is 17.6. The molecule has 0 unspecified atom stereocenters. The maximum Gasteiger partial charge on any atom is 0.354 e. The molecule has 29 heavy (non-hydrogen) atoms. The molecule has 0 bridgehead atoms. The molecule has 6 heteroatoms. The zero-order chi connectivity index (χ0) is 20.3. The third kappa shape index (κ3) is 2.81. The predicted octanol–water partition coefficient (Wildman–Crippen LogP) is 4.54. The van der Waals surface area contributed by atoms with Gasteiger partial charge in [0.15, 0.2) is 11.3 Å². The van der Waals surface area contributed by atoms with Gasteiger partial charge in [0.1, 0.15) is 0 Å². The molecule has 1 aliphatic heterocycles. The lowest BCUT2D eigenvalue weighted by Crippen LogP contribution is -2.60. The van der Waals surface area contributed by atoms with E-state index in [9.17, 15) is 9.90 Å². The number of aromatic nitrogens is 3. The van der Waals surface area contributed by atoms with Crippen LogP contribution in [0, 0.1) is 12.3 Å². The fourth-order valence-electron chi connectivity index (χ4n) is 4.75. The van der Waals surface area contributed by atoms with Crippen molar-refractivity contribution in [1.82, 2.24) is 14.8 Å². The van der Waals surface area contributed by atoms with E-state index in [0.29, 0.717) is 11.1 Å². The first-order valence-corrected chi connectivity index (χ1v) is 10.4. The fraction of sp³-hybridized carbons (Fsp3) is 0.435. The highest BCUT2D eigenvalue weighted by molar-refractivity contribution is 5.98. The summed E-state index contributed by atoms with van der Waals surface area (Å²) in [7, 11) is 0. The van der Waals surface area contributed by atoms with Crippen molar-refractivity contribution < 1.29 is 9.90 Å². The topological polar surface area (TPSA) is 71.2 Å². The van der Waals surface area contributed by atoms with Gasteiger partial charge in [-0.05, 0) is 49.4 Å². The second kappa shape index (κ2) is 6.31.